The Hall–Kier alpha value is -3.69. The van der Waals surface area contributed by atoms with Crippen molar-refractivity contribution >= 4 is 17.3 Å². The first-order valence-electron chi connectivity index (χ1n) is 11.3. The second-order valence-electron chi connectivity index (χ2n) is 8.27. The van der Waals surface area contributed by atoms with Gasteiger partial charge in [-0.1, -0.05) is 29.8 Å². The van der Waals surface area contributed by atoms with Gasteiger partial charge in [0.15, 0.2) is 0 Å². The van der Waals surface area contributed by atoms with Gasteiger partial charge in [-0.05, 0) is 43.3 Å². The molecule has 180 valence electrons. The maximum absolute atomic E-state index is 12.8. The first-order chi connectivity index (χ1) is 17.0. The van der Waals surface area contributed by atoms with Crippen molar-refractivity contribution in [3.8, 4) is 22.9 Å². The Morgan fingerprint density at radius 1 is 1.00 bits per heavy atom. The summed E-state index contributed by atoms with van der Waals surface area (Å²) in [7, 11) is 1.63. The lowest BCUT2D eigenvalue weighted by Gasteiger charge is -2.38. The molecule has 35 heavy (non-hydrogen) atoms. The van der Waals surface area contributed by atoms with E-state index < -0.39 is 0 Å². The third-order valence-corrected chi connectivity index (χ3v) is 6.59. The smallest absolute Gasteiger partial charge is 0.292 e. The summed E-state index contributed by atoms with van der Waals surface area (Å²) in [6, 6.07) is 16.7. The van der Waals surface area contributed by atoms with E-state index in [-0.39, 0.29) is 16.6 Å². The van der Waals surface area contributed by atoms with E-state index >= 15 is 0 Å². The number of hydrogen-bond acceptors (Lipinski definition) is 8. The third kappa shape index (κ3) is 4.65. The highest BCUT2D eigenvalue weighted by molar-refractivity contribution is 6.33. The van der Waals surface area contributed by atoms with Gasteiger partial charge in [0, 0.05) is 31.7 Å². The van der Waals surface area contributed by atoms with Gasteiger partial charge >= 0.3 is 0 Å². The van der Waals surface area contributed by atoms with Gasteiger partial charge in [-0.3, -0.25) is 9.69 Å². The van der Waals surface area contributed by atoms with Crippen LogP contribution in [0.15, 0.2) is 70.0 Å². The second kappa shape index (κ2) is 9.89. The molecule has 0 saturated carbocycles. The van der Waals surface area contributed by atoms with Crippen LogP contribution < -0.4 is 15.2 Å². The molecule has 9 nitrogen and oxygen atoms in total. The first-order valence-corrected chi connectivity index (χ1v) is 11.7. The zero-order valence-corrected chi connectivity index (χ0v) is 20.2. The number of hydrogen-bond donors (Lipinski definition) is 0. The number of rotatable bonds is 6. The van der Waals surface area contributed by atoms with E-state index in [0.717, 1.165) is 24.4 Å². The summed E-state index contributed by atoms with van der Waals surface area (Å²) in [5, 5.41) is 13.0. The van der Waals surface area contributed by atoms with Crippen molar-refractivity contribution in [2.24, 2.45) is 0 Å². The molecule has 1 aliphatic rings. The molecule has 0 N–H and O–H groups in total. The highest BCUT2D eigenvalue weighted by Gasteiger charge is 2.27. The predicted octanol–water partition coefficient (Wildman–Crippen LogP) is 3.83. The van der Waals surface area contributed by atoms with Crippen LogP contribution in [0.2, 0.25) is 5.02 Å². The van der Waals surface area contributed by atoms with Crippen LogP contribution in [0.4, 0.5) is 5.69 Å². The monoisotopic (exact) mass is 492 g/mol. The normalized spacial score (nSPS) is 15.2. The van der Waals surface area contributed by atoms with E-state index in [1.165, 1.54) is 4.68 Å². The molecule has 3 heterocycles. The topological polar surface area (TPSA) is 89.5 Å². The Bertz CT molecular complexity index is 1350. The Labute approximate surface area is 207 Å². The first kappa shape index (κ1) is 23.1. The second-order valence-corrected chi connectivity index (χ2v) is 8.65. The van der Waals surface area contributed by atoms with Gasteiger partial charge in [0.25, 0.3) is 5.56 Å². The van der Waals surface area contributed by atoms with Crippen molar-refractivity contribution in [2.45, 2.75) is 13.0 Å². The molecule has 1 aliphatic heterocycles. The highest BCUT2D eigenvalue weighted by atomic mass is 35.5. The molecular formula is C25H25ClN6O3. The average Bonchev–Trinajstić information content (AvgIpc) is 3.41. The minimum atomic E-state index is -0.330. The van der Waals surface area contributed by atoms with Crippen LogP contribution >= 0.6 is 11.6 Å². The number of para-hydroxylation sites is 1. The van der Waals surface area contributed by atoms with E-state index in [1.807, 2.05) is 54.6 Å². The van der Waals surface area contributed by atoms with Gasteiger partial charge in [-0.2, -0.15) is 9.78 Å². The minimum absolute atomic E-state index is 0.0451. The van der Waals surface area contributed by atoms with E-state index in [1.54, 1.807) is 13.3 Å². The molecule has 2 aromatic heterocycles. The molecule has 0 bridgehead atoms. The van der Waals surface area contributed by atoms with E-state index in [0.29, 0.717) is 36.2 Å². The van der Waals surface area contributed by atoms with E-state index in [9.17, 15) is 4.79 Å². The average molecular weight is 493 g/mol. The zero-order valence-electron chi connectivity index (χ0n) is 19.5. The summed E-state index contributed by atoms with van der Waals surface area (Å²) in [6.45, 7) is 4.94. The van der Waals surface area contributed by atoms with Crippen LogP contribution in [0.1, 0.15) is 18.9 Å². The van der Waals surface area contributed by atoms with Crippen LogP contribution in [-0.2, 0) is 0 Å². The lowest BCUT2D eigenvalue weighted by atomic mass is 10.2. The zero-order chi connectivity index (χ0) is 24.4. The molecule has 10 heteroatoms. The summed E-state index contributed by atoms with van der Waals surface area (Å²) in [5.41, 5.74) is 1.84. The lowest BCUT2D eigenvalue weighted by molar-refractivity contribution is 0.173. The predicted molar refractivity (Wildman–Crippen MR) is 133 cm³/mol. The Morgan fingerprint density at radius 2 is 1.71 bits per heavy atom. The molecule has 1 saturated heterocycles. The number of anilines is 1. The van der Waals surface area contributed by atoms with Crippen LogP contribution in [-0.4, -0.2) is 58.2 Å². The van der Waals surface area contributed by atoms with Crippen molar-refractivity contribution in [1.82, 2.24) is 24.9 Å². The van der Waals surface area contributed by atoms with Crippen LogP contribution in [0.5, 0.6) is 5.75 Å². The van der Waals surface area contributed by atoms with Gasteiger partial charge in [-0.15, -0.1) is 10.2 Å². The van der Waals surface area contributed by atoms with Crippen molar-refractivity contribution in [3.05, 3.63) is 82.1 Å². The summed E-state index contributed by atoms with van der Waals surface area (Å²) in [4.78, 5) is 17.2. The Morgan fingerprint density at radius 3 is 2.40 bits per heavy atom. The third-order valence-electron chi connectivity index (χ3n) is 6.24. The molecule has 0 aliphatic carbocycles. The van der Waals surface area contributed by atoms with E-state index in [4.69, 9.17) is 20.8 Å². The van der Waals surface area contributed by atoms with Crippen LogP contribution in [0, 0.1) is 0 Å². The van der Waals surface area contributed by atoms with Crippen LogP contribution in [0.25, 0.3) is 17.1 Å². The van der Waals surface area contributed by atoms with Crippen molar-refractivity contribution < 1.29 is 9.15 Å². The van der Waals surface area contributed by atoms with E-state index in [2.05, 4.69) is 32.0 Å². The van der Waals surface area contributed by atoms with Gasteiger partial charge < -0.3 is 14.1 Å². The summed E-state index contributed by atoms with van der Waals surface area (Å²) >= 11 is 6.49. The fourth-order valence-electron chi connectivity index (χ4n) is 4.16. The molecule has 0 amide bonds. The van der Waals surface area contributed by atoms with Gasteiger partial charge in [0.05, 0.1) is 30.7 Å². The fourth-order valence-corrected chi connectivity index (χ4v) is 4.41. The number of aromatic nitrogens is 4. The van der Waals surface area contributed by atoms with Gasteiger partial charge in [0.1, 0.15) is 10.8 Å². The standard InChI is InChI=1S/C25H25ClN6O3/c1-17(23-28-29-24(35-23)18-8-10-20(34-2)11-9-18)30-12-14-31(15-13-30)21-16-27-32(25(33)22(21)26)19-6-4-3-5-7-19/h3-11,16-17H,12-15H2,1-2H3. The Balaban J connectivity index is 1.25. The summed E-state index contributed by atoms with van der Waals surface area (Å²) in [6.07, 6.45) is 1.66. The van der Waals surface area contributed by atoms with Crippen LogP contribution in [0.3, 0.4) is 0 Å². The van der Waals surface area contributed by atoms with Gasteiger partial charge in [0.2, 0.25) is 11.8 Å². The molecular weight excluding hydrogens is 468 g/mol. The van der Waals surface area contributed by atoms with Gasteiger partial charge in [-0.25, -0.2) is 0 Å². The van der Waals surface area contributed by atoms with Crippen molar-refractivity contribution in [2.75, 3.05) is 38.2 Å². The Kier molecular flexibility index (Phi) is 6.52. The molecule has 0 spiro atoms. The molecule has 5 rings (SSSR count). The molecule has 0 radical (unpaired) electrons. The molecule has 1 unspecified atom stereocenters. The maximum atomic E-state index is 12.8. The summed E-state index contributed by atoms with van der Waals surface area (Å²) in [5.74, 6) is 1.81. The lowest BCUT2D eigenvalue weighted by Crippen LogP contribution is -2.47. The number of benzene rings is 2. The molecule has 1 atom stereocenters. The quantitative estimate of drug-likeness (QED) is 0.401. The number of methoxy groups -OCH3 is 1. The number of ether oxygens (including phenoxy) is 1. The SMILES string of the molecule is COc1ccc(-c2nnc(C(C)N3CCN(c4cnn(-c5ccccc5)c(=O)c4Cl)CC3)o2)cc1. The number of nitrogens with zero attached hydrogens (tertiary/aromatic N) is 6. The van der Waals surface area contributed by atoms with Crippen molar-refractivity contribution in [1.29, 1.82) is 0 Å². The summed E-state index contributed by atoms with van der Waals surface area (Å²) < 4.78 is 12.5. The minimum Gasteiger partial charge on any atom is -0.497 e. The molecule has 1 fully saturated rings. The number of piperazine rings is 1. The molecule has 2 aromatic carbocycles. The molecule has 4 aromatic rings. The highest BCUT2D eigenvalue weighted by Crippen LogP contribution is 2.28. The van der Waals surface area contributed by atoms with Crippen molar-refractivity contribution in [3.63, 3.8) is 0 Å². The number of halogens is 1. The maximum Gasteiger partial charge on any atom is 0.292 e. The largest absolute Gasteiger partial charge is 0.497 e. The fraction of sp³-hybridized carbons (Fsp3) is 0.280.